The van der Waals surface area contributed by atoms with Gasteiger partial charge < -0.3 is 20.4 Å². The van der Waals surface area contributed by atoms with Crippen molar-refractivity contribution in [2.24, 2.45) is 17.3 Å². The van der Waals surface area contributed by atoms with Crippen molar-refractivity contribution in [1.82, 2.24) is 15.1 Å². The molecule has 1 aromatic carbocycles. The second-order valence-electron chi connectivity index (χ2n) is 12.9. The highest BCUT2D eigenvalue weighted by Crippen LogP contribution is 2.58. The van der Waals surface area contributed by atoms with Crippen LogP contribution < -0.4 is 10.6 Å². The van der Waals surface area contributed by atoms with Gasteiger partial charge in [0.15, 0.2) is 0 Å². The van der Waals surface area contributed by atoms with E-state index in [9.17, 15) is 24.4 Å². The molecule has 1 aromatic rings. The molecular formula is C29H37N5O4. The molecule has 2 saturated carbocycles. The van der Waals surface area contributed by atoms with Crippen molar-refractivity contribution in [2.45, 2.75) is 82.8 Å². The summed E-state index contributed by atoms with van der Waals surface area (Å²) in [5.74, 6) is -0.534. The molecule has 4 amide bonds. The number of likely N-dealkylation sites (tertiary alicyclic amines) is 1. The van der Waals surface area contributed by atoms with Crippen LogP contribution >= 0.6 is 0 Å². The highest BCUT2D eigenvalue weighted by atomic mass is 16.2. The first-order valence-electron chi connectivity index (χ1n) is 13.5. The molecule has 202 valence electrons. The summed E-state index contributed by atoms with van der Waals surface area (Å²) in [6.45, 7) is 7.52. The number of nitriles is 1. The van der Waals surface area contributed by atoms with Gasteiger partial charge in [-0.2, -0.15) is 5.26 Å². The summed E-state index contributed by atoms with van der Waals surface area (Å²) in [6, 6.07) is 8.02. The molecule has 1 spiro atoms. The van der Waals surface area contributed by atoms with Crippen LogP contribution in [0.25, 0.3) is 0 Å². The zero-order valence-corrected chi connectivity index (χ0v) is 22.8. The topological polar surface area (TPSA) is 123 Å². The van der Waals surface area contributed by atoms with Gasteiger partial charge in [-0.15, -0.1) is 0 Å². The number of likely N-dealkylation sites (N-methyl/N-ethyl adjacent to an activating group) is 1. The lowest BCUT2D eigenvalue weighted by Gasteiger charge is -2.37. The third-order valence-electron chi connectivity index (χ3n) is 8.78. The van der Waals surface area contributed by atoms with Crippen molar-refractivity contribution in [3.05, 3.63) is 29.8 Å². The van der Waals surface area contributed by atoms with Gasteiger partial charge in [0.25, 0.3) is 0 Å². The summed E-state index contributed by atoms with van der Waals surface area (Å²) in [6.07, 6.45) is 3.27. The number of rotatable bonds is 6. The van der Waals surface area contributed by atoms with Gasteiger partial charge in [0, 0.05) is 32.6 Å². The predicted octanol–water partition coefficient (Wildman–Crippen LogP) is 2.57. The fourth-order valence-corrected chi connectivity index (χ4v) is 6.72. The first-order valence-corrected chi connectivity index (χ1v) is 13.5. The molecule has 38 heavy (non-hydrogen) atoms. The van der Waals surface area contributed by atoms with E-state index in [0.29, 0.717) is 24.4 Å². The number of para-hydroxylation sites is 1. The van der Waals surface area contributed by atoms with Crippen LogP contribution in [0.15, 0.2) is 24.3 Å². The summed E-state index contributed by atoms with van der Waals surface area (Å²) in [5.41, 5.74) is -0.756. The van der Waals surface area contributed by atoms with E-state index < -0.39 is 23.0 Å². The molecular weight excluding hydrogens is 482 g/mol. The molecule has 2 aliphatic carbocycles. The molecule has 4 aliphatic rings. The molecule has 0 radical (unpaired) electrons. The van der Waals surface area contributed by atoms with Crippen molar-refractivity contribution >= 4 is 29.3 Å². The lowest BCUT2D eigenvalue weighted by atomic mass is 9.80. The SMILES string of the molecule is CC(=O)NC1(C(=O)N(C)[C@@H](CC(C)(C)C)C(=O)N2C[C@]3(C[C@H]2C#N)C(=O)Nc2ccccc23)CC1C1CC1. The van der Waals surface area contributed by atoms with Gasteiger partial charge in [0.05, 0.1) is 11.5 Å². The Hall–Kier alpha value is -3.41. The highest BCUT2D eigenvalue weighted by molar-refractivity contribution is 6.07. The minimum Gasteiger partial charge on any atom is -0.342 e. The number of hydrogen-bond donors (Lipinski definition) is 2. The van der Waals surface area contributed by atoms with Gasteiger partial charge in [-0.25, -0.2) is 0 Å². The van der Waals surface area contributed by atoms with Crippen LogP contribution in [0.3, 0.4) is 0 Å². The summed E-state index contributed by atoms with van der Waals surface area (Å²) in [5, 5.41) is 15.9. The van der Waals surface area contributed by atoms with Gasteiger partial charge in [-0.1, -0.05) is 39.0 Å². The van der Waals surface area contributed by atoms with Crippen molar-refractivity contribution in [1.29, 1.82) is 5.26 Å². The van der Waals surface area contributed by atoms with E-state index in [1.54, 1.807) is 7.05 Å². The lowest BCUT2D eigenvalue weighted by molar-refractivity contribution is -0.148. The Kier molecular flexibility index (Phi) is 6.08. The lowest BCUT2D eigenvalue weighted by Crippen LogP contribution is -2.58. The number of anilines is 1. The summed E-state index contributed by atoms with van der Waals surface area (Å²) in [4.78, 5) is 56.5. The van der Waals surface area contributed by atoms with Crippen molar-refractivity contribution in [2.75, 3.05) is 18.9 Å². The molecule has 2 unspecified atom stereocenters. The van der Waals surface area contributed by atoms with Gasteiger partial charge in [0.1, 0.15) is 17.6 Å². The second-order valence-corrected chi connectivity index (χ2v) is 12.9. The minimum absolute atomic E-state index is 0.0805. The highest BCUT2D eigenvalue weighted by Gasteiger charge is 2.67. The Morgan fingerprint density at radius 2 is 1.92 bits per heavy atom. The predicted molar refractivity (Wildman–Crippen MR) is 140 cm³/mol. The van der Waals surface area contributed by atoms with E-state index in [0.717, 1.165) is 18.4 Å². The molecule has 0 aromatic heterocycles. The Morgan fingerprint density at radius 1 is 1.24 bits per heavy atom. The monoisotopic (exact) mass is 519 g/mol. The molecule has 3 fully saturated rings. The Labute approximate surface area is 223 Å². The number of nitrogens with zero attached hydrogens (tertiary/aromatic N) is 3. The molecule has 2 aliphatic heterocycles. The Morgan fingerprint density at radius 3 is 2.53 bits per heavy atom. The number of fused-ring (bicyclic) bond motifs is 2. The maximum absolute atomic E-state index is 14.3. The Bertz CT molecular complexity index is 1240. The second kappa shape index (κ2) is 8.82. The van der Waals surface area contributed by atoms with Gasteiger partial charge in [0.2, 0.25) is 23.6 Å². The van der Waals surface area contributed by atoms with Crippen LogP contribution in [0.5, 0.6) is 0 Å². The fraction of sp³-hybridized carbons (Fsp3) is 0.621. The molecule has 2 heterocycles. The quantitative estimate of drug-likeness (QED) is 0.598. The van der Waals surface area contributed by atoms with Gasteiger partial charge >= 0.3 is 0 Å². The molecule has 0 bridgehead atoms. The summed E-state index contributed by atoms with van der Waals surface area (Å²) >= 11 is 0. The number of amides is 4. The molecule has 9 nitrogen and oxygen atoms in total. The summed E-state index contributed by atoms with van der Waals surface area (Å²) in [7, 11) is 1.63. The zero-order chi connectivity index (χ0) is 27.6. The van der Waals surface area contributed by atoms with Gasteiger partial charge in [-0.05, 0) is 54.6 Å². The first kappa shape index (κ1) is 26.2. The number of nitrogens with one attached hydrogen (secondary N) is 2. The molecule has 5 rings (SSSR count). The first-order chi connectivity index (χ1) is 17.8. The van der Waals surface area contributed by atoms with Crippen molar-refractivity contribution in [3.8, 4) is 6.07 Å². The van der Waals surface area contributed by atoms with E-state index in [2.05, 4.69) is 16.7 Å². The number of benzene rings is 1. The molecule has 1 saturated heterocycles. The van der Waals surface area contributed by atoms with Crippen LogP contribution in [0.1, 0.15) is 65.4 Å². The normalized spacial score (nSPS) is 30.3. The Balaban J connectivity index is 1.45. The van der Waals surface area contributed by atoms with Crippen LogP contribution in [0.4, 0.5) is 5.69 Å². The van der Waals surface area contributed by atoms with Crippen molar-refractivity contribution in [3.63, 3.8) is 0 Å². The average molecular weight is 520 g/mol. The maximum atomic E-state index is 14.3. The molecule has 5 atom stereocenters. The van der Waals surface area contributed by atoms with Crippen molar-refractivity contribution < 1.29 is 19.2 Å². The minimum atomic E-state index is -0.994. The van der Waals surface area contributed by atoms with E-state index in [-0.39, 0.29) is 47.9 Å². The van der Waals surface area contributed by atoms with E-state index in [1.165, 1.54) is 16.7 Å². The van der Waals surface area contributed by atoms with E-state index in [4.69, 9.17) is 0 Å². The fourth-order valence-electron chi connectivity index (χ4n) is 6.72. The molecule has 9 heteroatoms. The maximum Gasteiger partial charge on any atom is 0.249 e. The van der Waals surface area contributed by atoms with Crippen LogP contribution in [-0.2, 0) is 24.6 Å². The number of hydrogen-bond acceptors (Lipinski definition) is 5. The smallest absolute Gasteiger partial charge is 0.249 e. The average Bonchev–Trinajstić information content (AvgIpc) is 3.75. The third kappa shape index (κ3) is 4.24. The number of carbonyl (C=O) groups excluding carboxylic acids is 4. The van der Waals surface area contributed by atoms with Crippen LogP contribution in [0, 0.1) is 28.6 Å². The zero-order valence-electron chi connectivity index (χ0n) is 22.8. The largest absolute Gasteiger partial charge is 0.342 e. The van der Waals surface area contributed by atoms with E-state index in [1.807, 2.05) is 45.0 Å². The third-order valence-corrected chi connectivity index (χ3v) is 8.78. The van der Waals surface area contributed by atoms with Crippen LogP contribution in [0.2, 0.25) is 0 Å². The molecule has 2 N–H and O–H groups in total. The number of carbonyl (C=O) groups is 4. The summed E-state index contributed by atoms with van der Waals surface area (Å²) < 4.78 is 0. The van der Waals surface area contributed by atoms with Gasteiger partial charge in [-0.3, -0.25) is 19.2 Å². The van der Waals surface area contributed by atoms with E-state index >= 15 is 0 Å². The standard InChI is InChI=1S/C29H37N5O4/c1-17(35)32-29(13-21(29)18-10-11-18)26(38)33(5)23(14-27(2,3)4)24(36)34-16-28(12-19(34)15-30)20-8-6-7-9-22(20)31-25(28)37/h6-9,18-19,21,23H,10-14,16H2,1-5H3,(H,31,37)(H,32,35)/t19-,21?,23-,28-,29?/m0/s1. The van der Waals surface area contributed by atoms with Crippen LogP contribution in [-0.4, -0.2) is 64.6 Å².